The Hall–Kier alpha value is -4.76. The maximum absolute atomic E-state index is 13.3. The zero-order chi connectivity index (χ0) is 32.4. The minimum atomic E-state index is -4.76. The van der Waals surface area contributed by atoms with Crippen LogP contribution in [-0.4, -0.2) is 61.8 Å². The van der Waals surface area contributed by atoms with E-state index in [9.17, 15) is 32.3 Å². The second-order valence-electron chi connectivity index (χ2n) is 11.4. The third-order valence-electron chi connectivity index (χ3n) is 6.82. The fourth-order valence-corrected chi connectivity index (χ4v) is 4.73. The van der Waals surface area contributed by atoms with Crippen molar-refractivity contribution >= 4 is 35.2 Å². The Balaban J connectivity index is 1.53. The number of amides is 3. The van der Waals surface area contributed by atoms with E-state index in [4.69, 9.17) is 14.9 Å². The molecule has 3 N–H and O–H groups in total. The van der Waals surface area contributed by atoms with Gasteiger partial charge in [0.25, 0.3) is 11.8 Å². The number of carbonyl (C=O) groups excluding carboxylic acids is 4. The summed E-state index contributed by atoms with van der Waals surface area (Å²) in [5, 5.41) is 6.80. The molecule has 236 valence electrons. The molecule has 3 amide bonds. The number of hydrogen-bond donors (Lipinski definition) is 2. The van der Waals surface area contributed by atoms with Crippen molar-refractivity contribution in [3.05, 3.63) is 42.2 Å². The summed E-state index contributed by atoms with van der Waals surface area (Å²) in [7, 11) is 0. The lowest BCUT2D eigenvalue weighted by Crippen LogP contribution is -2.42. The van der Waals surface area contributed by atoms with Crippen LogP contribution in [0.1, 0.15) is 80.4 Å². The van der Waals surface area contributed by atoms with Crippen LogP contribution in [0, 0.1) is 5.92 Å². The normalized spacial score (nSPS) is 17.2. The summed E-state index contributed by atoms with van der Waals surface area (Å²) in [6.45, 7) is 4.44. The number of aromatic nitrogens is 4. The molecule has 44 heavy (non-hydrogen) atoms. The molecule has 3 aromatic rings. The van der Waals surface area contributed by atoms with Gasteiger partial charge >= 0.3 is 12.3 Å². The molecular formula is C28H32F3N7O6. The highest BCUT2D eigenvalue weighted by atomic mass is 19.4. The van der Waals surface area contributed by atoms with Gasteiger partial charge < -0.3 is 20.2 Å². The van der Waals surface area contributed by atoms with Gasteiger partial charge in [-0.25, -0.2) is 14.8 Å². The number of rotatable bonds is 8. The number of anilines is 2. The number of hydrogen-bond acceptors (Lipinski definition) is 9. The molecule has 3 aromatic heterocycles. The third kappa shape index (κ3) is 7.99. The topological polar surface area (TPSA) is 176 Å². The SMILES string of the molecule is CC(=O)C1CCC(n2cc(NC(=O)c3coc(-c4ccnc(N(CC(F)(F)F)C(=O)OC(C)(C)C)c4)n3)c(C(N)=O)n2)CC1. The fraction of sp³-hybridized carbons (Fsp3) is 0.464. The third-order valence-corrected chi connectivity index (χ3v) is 6.82. The summed E-state index contributed by atoms with van der Waals surface area (Å²) >= 11 is 0. The Labute approximate surface area is 249 Å². The van der Waals surface area contributed by atoms with Crippen LogP contribution in [0.5, 0.6) is 0 Å². The highest BCUT2D eigenvalue weighted by Gasteiger charge is 2.37. The Morgan fingerprint density at radius 1 is 1.16 bits per heavy atom. The molecule has 0 atom stereocenters. The van der Waals surface area contributed by atoms with Crippen LogP contribution in [0.3, 0.4) is 0 Å². The summed E-state index contributed by atoms with van der Waals surface area (Å²) in [4.78, 5) is 57.7. The summed E-state index contributed by atoms with van der Waals surface area (Å²) in [5.74, 6) is -2.05. The number of Topliss-reactive ketones (excluding diaryl/α,β-unsaturated/α-hetero) is 1. The van der Waals surface area contributed by atoms with Gasteiger partial charge in [0.1, 0.15) is 30.0 Å². The molecule has 1 fully saturated rings. The predicted octanol–water partition coefficient (Wildman–Crippen LogP) is 4.91. The Morgan fingerprint density at radius 2 is 1.84 bits per heavy atom. The first-order chi connectivity index (χ1) is 20.5. The molecule has 1 aliphatic rings. The molecule has 3 heterocycles. The number of ether oxygens (including phenoxy) is 1. The number of oxazole rings is 1. The molecule has 0 spiro atoms. The standard InChI is InChI=1S/C28H32F3N7O6/c1-15(39)16-5-7-18(8-6-16)38-12-19(22(36-38)23(32)40)34-24(41)20-13-43-25(35-20)17-9-10-33-21(11-17)37(14-28(29,30)31)26(42)44-27(2,3)4/h9-13,16,18H,5-8,14H2,1-4H3,(H2,32,40)(H,34,41). The van der Waals surface area contributed by atoms with Crippen molar-refractivity contribution in [1.82, 2.24) is 19.7 Å². The second kappa shape index (κ2) is 12.5. The smallest absolute Gasteiger partial charge is 0.416 e. The van der Waals surface area contributed by atoms with E-state index in [2.05, 4.69) is 20.4 Å². The average Bonchev–Trinajstić information content (AvgIpc) is 3.59. The lowest BCUT2D eigenvalue weighted by molar-refractivity contribution is -0.122. The summed E-state index contributed by atoms with van der Waals surface area (Å²) < 4.78 is 52.0. The summed E-state index contributed by atoms with van der Waals surface area (Å²) in [6, 6.07) is 2.42. The lowest BCUT2D eigenvalue weighted by Gasteiger charge is -2.27. The van der Waals surface area contributed by atoms with Gasteiger partial charge in [0.2, 0.25) is 5.89 Å². The van der Waals surface area contributed by atoms with Crippen molar-refractivity contribution in [2.75, 3.05) is 16.8 Å². The van der Waals surface area contributed by atoms with E-state index in [1.807, 2.05) is 0 Å². The van der Waals surface area contributed by atoms with Crippen LogP contribution >= 0.6 is 0 Å². The quantitative estimate of drug-likeness (QED) is 0.355. The molecule has 0 aliphatic heterocycles. The maximum Gasteiger partial charge on any atom is 0.416 e. The van der Waals surface area contributed by atoms with E-state index in [1.165, 1.54) is 33.0 Å². The van der Waals surface area contributed by atoms with Crippen molar-refractivity contribution in [1.29, 1.82) is 0 Å². The van der Waals surface area contributed by atoms with Crippen molar-refractivity contribution < 1.29 is 41.5 Å². The molecule has 0 aromatic carbocycles. The van der Waals surface area contributed by atoms with Gasteiger partial charge in [0.05, 0.1) is 11.7 Å². The van der Waals surface area contributed by atoms with Crippen LogP contribution in [0.15, 0.2) is 35.2 Å². The van der Waals surface area contributed by atoms with Crippen molar-refractivity contribution in [3.8, 4) is 11.5 Å². The first kappa shape index (κ1) is 32.2. The van der Waals surface area contributed by atoms with Crippen LogP contribution in [-0.2, 0) is 9.53 Å². The molecule has 1 aliphatic carbocycles. The van der Waals surface area contributed by atoms with E-state index >= 15 is 0 Å². The summed E-state index contributed by atoms with van der Waals surface area (Å²) in [5.41, 5.74) is 4.21. The van der Waals surface area contributed by atoms with E-state index < -0.39 is 36.2 Å². The number of nitrogens with two attached hydrogens (primary N) is 1. The van der Waals surface area contributed by atoms with Gasteiger partial charge in [-0.15, -0.1) is 0 Å². The van der Waals surface area contributed by atoms with E-state index in [0.29, 0.717) is 30.6 Å². The van der Waals surface area contributed by atoms with Crippen LogP contribution in [0.2, 0.25) is 0 Å². The number of halogens is 3. The monoisotopic (exact) mass is 619 g/mol. The number of carbonyl (C=O) groups is 4. The minimum Gasteiger partial charge on any atom is -0.444 e. The number of nitrogens with zero attached hydrogens (tertiary/aromatic N) is 5. The van der Waals surface area contributed by atoms with Gasteiger partial charge in [0, 0.05) is 23.9 Å². The zero-order valence-electron chi connectivity index (χ0n) is 24.5. The first-order valence-electron chi connectivity index (χ1n) is 13.7. The predicted molar refractivity (Wildman–Crippen MR) is 150 cm³/mol. The molecule has 0 unspecified atom stereocenters. The average molecular weight is 620 g/mol. The first-order valence-corrected chi connectivity index (χ1v) is 13.7. The Morgan fingerprint density at radius 3 is 2.43 bits per heavy atom. The molecule has 16 heteroatoms. The number of nitrogens with one attached hydrogen (secondary N) is 1. The van der Waals surface area contributed by atoms with Gasteiger partial charge in [-0.05, 0) is 65.5 Å². The van der Waals surface area contributed by atoms with Crippen molar-refractivity contribution in [2.24, 2.45) is 11.7 Å². The zero-order valence-corrected chi connectivity index (χ0v) is 24.5. The molecular weight excluding hydrogens is 587 g/mol. The number of pyridine rings is 1. The van der Waals surface area contributed by atoms with Gasteiger partial charge in [-0.2, -0.15) is 18.3 Å². The number of alkyl halides is 3. The van der Waals surface area contributed by atoms with Crippen molar-refractivity contribution in [3.63, 3.8) is 0 Å². The minimum absolute atomic E-state index is 0.0144. The largest absolute Gasteiger partial charge is 0.444 e. The number of ketones is 1. The highest BCUT2D eigenvalue weighted by molar-refractivity contribution is 6.07. The molecule has 1 saturated carbocycles. The molecule has 13 nitrogen and oxygen atoms in total. The fourth-order valence-electron chi connectivity index (χ4n) is 4.73. The van der Waals surface area contributed by atoms with Crippen LogP contribution < -0.4 is 16.0 Å². The molecule has 0 saturated heterocycles. The molecule has 0 bridgehead atoms. The van der Waals surface area contributed by atoms with Crippen molar-refractivity contribution in [2.45, 2.75) is 71.2 Å². The second-order valence-corrected chi connectivity index (χ2v) is 11.4. The highest BCUT2D eigenvalue weighted by Crippen LogP contribution is 2.33. The van der Waals surface area contributed by atoms with Gasteiger partial charge in [-0.3, -0.25) is 24.0 Å². The van der Waals surface area contributed by atoms with Gasteiger partial charge in [-0.1, -0.05) is 0 Å². The number of primary amides is 1. The maximum atomic E-state index is 13.3. The Kier molecular flexibility index (Phi) is 9.11. The van der Waals surface area contributed by atoms with Crippen LogP contribution in [0.25, 0.3) is 11.5 Å². The summed E-state index contributed by atoms with van der Waals surface area (Å²) in [6.07, 6.45) is 0.314. The van der Waals surface area contributed by atoms with E-state index in [-0.39, 0.29) is 52.1 Å². The molecule has 0 radical (unpaired) electrons. The van der Waals surface area contributed by atoms with E-state index in [0.717, 1.165) is 18.5 Å². The lowest BCUT2D eigenvalue weighted by atomic mass is 9.84. The van der Waals surface area contributed by atoms with Gasteiger partial charge in [0.15, 0.2) is 11.4 Å². The Bertz CT molecular complexity index is 1550. The van der Waals surface area contributed by atoms with E-state index in [1.54, 1.807) is 11.6 Å². The molecule has 4 rings (SSSR count). The van der Waals surface area contributed by atoms with Crippen LogP contribution in [0.4, 0.5) is 29.5 Å².